The van der Waals surface area contributed by atoms with Gasteiger partial charge in [0.1, 0.15) is 12.4 Å². The van der Waals surface area contributed by atoms with Gasteiger partial charge in [-0.3, -0.25) is 0 Å². The van der Waals surface area contributed by atoms with Gasteiger partial charge < -0.3 is 19.3 Å². The van der Waals surface area contributed by atoms with Crippen molar-refractivity contribution < 1.29 is 14.0 Å². The predicted molar refractivity (Wildman–Crippen MR) is 96.2 cm³/mol. The molecule has 2 heterocycles. The number of hydrogen-bond donors (Lipinski definition) is 1. The lowest BCUT2D eigenvalue weighted by Gasteiger charge is -2.15. The molecular formula is C18H24ClN3O3. The maximum atomic E-state index is 6.12. The molecule has 0 radical (unpaired) electrons. The fourth-order valence-electron chi connectivity index (χ4n) is 2.69. The van der Waals surface area contributed by atoms with Crippen LogP contribution in [0.5, 0.6) is 5.75 Å². The summed E-state index contributed by atoms with van der Waals surface area (Å²) in [6.45, 7) is 3.92. The Hall–Kier alpha value is -1.79. The van der Waals surface area contributed by atoms with E-state index in [-0.39, 0.29) is 6.10 Å². The number of rotatable bonds is 9. The lowest BCUT2D eigenvalue weighted by atomic mass is 10.2. The van der Waals surface area contributed by atoms with E-state index >= 15 is 0 Å². The molecule has 1 aromatic carbocycles. The van der Waals surface area contributed by atoms with Crippen LogP contribution in [0.3, 0.4) is 0 Å². The Morgan fingerprint density at radius 1 is 1.40 bits per heavy atom. The van der Waals surface area contributed by atoms with Gasteiger partial charge in [-0.15, -0.1) is 0 Å². The van der Waals surface area contributed by atoms with Gasteiger partial charge in [0.25, 0.3) is 0 Å². The number of unbranched alkanes of at least 4 members (excludes halogenated alkanes) is 1. The van der Waals surface area contributed by atoms with Crippen LogP contribution in [0.15, 0.2) is 22.7 Å². The van der Waals surface area contributed by atoms with Crippen LogP contribution in [0.1, 0.15) is 44.3 Å². The molecule has 0 bridgehead atoms. The zero-order chi connectivity index (χ0) is 17.5. The Morgan fingerprint density at radius 3 is 3.12 bits per heavy atom. The van der Waals surface area contributed by atoms with E-state index in [9.17, 15) is 0 Å². The van der Waals surface area contributed by atoms with Crippen LogP contribution >= 0.6 is 11.6 Å². The second kappa shape index (κ2) is 9.06. The summed E-state index contributed by atoms with van der Waals surface area (Å²) in [7, 11) is 0. The van der Waals surface area contributed by atoms with Gasteiger partial charge in [0.15, 0.2) is 5.82 Å². The molecule has 1 N–H and O–H groups in total. The van der Waals surface area contributed by atoms with Gasteiger partial charge in [-0.25, -0.2) is 0 Å². The maximum absolute atomic E-state index is 6.12. The van der Waals surface area contributed by atoms with Crippen molar-refractivity contribution >= 4 is 17.3 Å². The third-order valence-electron chi connectivity index (χ3n) is 4.08. The molecule has 1 aromatic heterocycles. The molecule has 1 aliphatic rings. The molecule has 0 saturated carbocycles. The van der Waals surface area contributed by atoms with Crippen molar-refractivity contribution in [1.82, 2.24) is 10.1 Å². The fraction of sp³-hybridized carbons (Fsp3) is 0.556. The molecule has 1 atom stereocenters. The van der Waals surface area contributed by atoms with E-state index in [0.29, 0.717) is 24.1 Å². The van der Waals surface area contributed by atoms with Crippen LogP contribution in [0.4, 0.5) is 5.69 Å². The fourth-order valence-corrected chi connectivity index (χ4v) is 2.87. The third-order valence-corrected chi connectivity index (χ3v) is 4.32. The molecule has 2 aromatic rings. The van der Waals surface area contributed by atoms with Gasteiger partial charge in [-0.05, 0) is 37.5 Å². The van der Waals surface area contributed by atoms with Crippen LogP contribution in [0.2, 0.25) is 5.02 Å². The molecule has 1 fully saturated rings. The van der Waals surface area contributed by atoms with Crippen molar-refractivity contribution in [2.24, 2.45) is 0 Å². The lowest BCUT2D eigenvalue weighted by molar-refractivity contribution is 0.0682. The summed E-state index contributed by atoms with van der Waals surface area (Å²) in [6.07, 6.45) is 5.31. The number of aryl methyl sites for hydroxylation is 1. The number of nitrogens with one attached hydrogen (secondary N) is 1. The average Bonchev–Trinajstić information content (AvgIpc) is 3.29. The first-order valence-electron chi connectivity index (χ1n) is 8.84. The first kappa shape index (κ1) is 18.0. The van der Waals surface area contributed by atoms with Crippen LogP contribution in [-0.4, -0.2) is 29.5 Å². The Kier molecular flexibility index (Phi) is 6.53. The molecule has 1 aliphatic heterocycles. The van der Waals surface area contributed by atoms with E-state index < -0.39 is 0 Å². The number of anilines is 1. The van der Waals surface area contributed by atoms with Crippen molar-refractivity contribution in [3.63, 3.8) is 0 Å². The molecule has 0 aliphatic carbocycles. The summed E-state index contributed by atoms with van der Waals surface area (Å²) < 4.78 is 16.8. The number of nitrogens with zero attached hydrogens (tertiary/aromatic N) is 2. The van der Waals surface area contributed by atoms with Crippen LogP contribution < -0.4 is 10.1 Å². The van der Waals surface area contributed by atoms with Crippen LogP contribution in [-0.2, 0) is 17.7 Å². The van der Waals surface area contributed by atoms with Crippen molar-refractivity contribution in [1.29, 1.82) is 0 Å². The molecular weight excluding hydrogens is 342 g/mol. The average molecular weight is 366 g/mol. The largest absolute Gasteiger partial charge is 0.489 e. The number of aromatic nitrogens is 2. The van der Waals surface area contributed by atoms with Gasteiger partial charge >= 0.3 is 0 Å². The molecule has 136 valence electrons. The molecule has 6 nitrogen and oxygen atoms in total. The highest BCUT2D eigenvalue weighted by molar-refractivity contribution is 6.30. The zero-order valence-electron chi connectivity index (χ0n) is 14.5. The van der Waals surface area contributed by atoms with Gasteiger partial charge in [0.2, 0.25) is 5.89 Å². The molecule has 0 unspecified atom stereocenters. The van der Waals surface area contributed by atoms with Crippen LogP contribution in [0, 0.1) is 0 Å². The third kappa shape index (κ3) is 5.34. The quantitative estimate of drug-likeness (QED) is 0.716. The normalized spacial score (nSPS) is 17.0. The predicted octanol–water partition coefficient (Wildman–Crippen LogP) is 4.24. The van der Waals surface area contributed by atoms with E-state index in [4.69, 9.17) is 25.6 Å². The summed E-state index contributed by atoms with van der Waals surface area (Å²) in [5.74, 6) is 2.04. The van der Waals surface area contributed by atoms with Crippen molar-refractivity contribution in [2.75, 3.05) is 18.5 Å². The van der Waals surface area contributed by atoms with E-state index in [1.807, 2.05) is 18.2 Å². The van der Waals surface area contributed by atoms with E-state index in [0.717, 1.165) is 56.0 Å². The Morgan fingerprint density at radius 2 is 2.32 bits per heavy atom. The first-order chi connectivity index (χ1) is 12.2. The van der Waals surface area contributed by atoms with Crippen molar-refractivity contribution in [3.8, 4) is 5.75 Å². The number of benzene rings is 1. The summed E-state index contributed by atoms with van der Waals surface area (Å²) >= 11 is 6.12. The highest BCUT2D eigenvalue weighted by Crippen LogP contribution is 2.29. The van der Waals surface area contributed by atoms with Gasteiger partial charge in [-0.2, -0.15) is 4.98 Å². The number of halogens is 1. The topological polar surface area (TPSA) is 69.4 Å². The van der Waals surface area contributed by atoms with Gasteiger partial charge in [0, 0.05) is 18.1 Å². The summed E-state index contributed by atoms with van der Waals surface area (Å²) in [6, 6.07) is 5.51. The maximum Gasteiger partial charge on any atom is 0.245 e. The smallest absolute Gasteiger partial charge is 0.245 e. The Bertz CT molecular complexity index is 671. The summed E-state index contributed by atoms with van der Waals surface area (Å²) in [4.78, 5) is 4.39. The van der Waals surface area contributed by atoms with Gasteiger partial charge in [0.05, 0.1) is 18.3 Å². The minimum absolute atomic E-state index is 0.167. The van der Waals surface area contributed by atoms with E-state index in [1.165, 1.54) is 0 Å². The highest BCUT2D eigenvalue weighted by atomic mass is 35.5. The SMILES string of the molecule is CCCCc1noc(CNc2cc(Cl)ccc2OC[C@@H]2CCCO2)n1. The Labute approximate surface area is 152 Å². The summed E-state index contributed by atoms with van der Waals surface area (Å²) in [5, 5.41) is 7.90. The zero-order valence-corrected chi connectivity index (χ0v) is 15.2. The van der Waals surface area contributed by atoms with Gasteiger partial charge in [-0.1, -0.05) is 30.1 Å². The highest BCUT2D eigenvalue weighted by Gasteiger charge is 2.17. The molecule has 1 saturated heterocycles. The number of ether oxygens (including phenoxy) is 2. The molecule has 0 spiro atoms. The molecule has 25 heavy (non-hydrogen) atoms. The summed E-state index contributed by atoms with van der Waals surface area (Å²) in [5.41, 5.74) is 0.804. The Balaban J connectivity index is 1.58. The number of hydrogen-bond acceptors (Lipinski definition) is 6. The molecule has 0 amide bonds. The minimum atomic E-state index is 0.167. The van der Waals surface area contributed by atoms with E-state index in [2.05, 4.69) is 22.4 Å². The second-order valence-electron chi connectivity index (χ2n) is 6.15. The first-order valence-corrected chi connectivity index (χ1v) is 9.21. The van der Waals surface area contributed by atoms with Crippen molar-refractivity contribution in [3.05, 3.63) is 34.9 Å². The standard InChI is InChI=1S/C18H24ClN3O3/c1-2-3-6-17-21-18(25-22-17)11-20-15-10-13(19)7-8-16(15)24-12-14-5-4-9-23-14/h7-8,10,14,20H,2-6,9,11-12H2,1H3/t14-/m0/s1. The molecule has 7 heteroatoms. The van der Waals surface area contributed by atoms with E-state index in [1.54, 1.807) is 0 Å². The van der Waals surface area contributed by atoms with Crippen LogP contribution in [0.25, 0.3) is 0 Å². The van der Waals surface area contributed by atoms with Crippen molar-refractivity contribution in [2.45, 2.75) is 51.7 Å². The monoisotopic (exact) mass is 365 g/mol. The lowest BCUT2D eigenvalue weighted by Crippen LogP contribution is -2.17. The molecule has 3 rings (SSSR count). The second-order valence-corrected chi connectivity index (χ2v) is 6.58. The minimum Gasteiger partial charge on any atom is -0.489 e.